The quantitative estimate of drug-likeness (QED) is 0.413. The molecule has 1 aliphatic rings. The van der Waals surface area contributed by atoms with Crippen molar-refractivity contribution < 1.29 is 9.59 Å². The molecule has 36 heavy (non-hydrogen) atoms. The monoisotopic (exact) mass is 501 g/mol. The molecular formula is C26H27N7O2S. The van der Waals surface area contributed by atoms with E-state index in [4.69, 9.17) is 0 Å². The Bertz CT molecular complexity index is 1430. The first-order valence-electron chi connectivity index (χ1n) is 11.8. The van der Waals surface area contributed by atoms with Gasteiger partial charge in [-0.25, -0.2) is 9.97 Å². The maximum absolute atomic E-state index is 13.4. The van der Waals surface area contributed by atoms with E-state index in [1.54, 1.807) is 17.3 Å². The van der Waals surface area contributed by atoms with Gasteiger partial charge in [0.15, 0.2) is 11.3 Å². The van der Waals surface area contributed by atoms with Crippen molar-refractivity contribution in [3.05, 3.63) is 75.7 Å². The fourth-order valence-corrected chi connectivity index (χ4v) is 5.15. The number of anilines is 1. The van der Waals surface area contributed by atoms with Crippen LogP contribution in [0.25, 0.3) is 10.3 Å². The number of amides is 2. The molecule has 0 unspecified atom stereocenters. The fraction of sp³-hybridized carbons (Fsp3) is 0.308. The van der Waals surface area contributed by atoms with Crippen LogP contribution in [0.3, 0.4) is 0 Å². The minimum atomic E-state index is -0.194. The zero-order chi connectivity index (χ0) is 25.4. The second-order valence-corrected chi connectivity index (χ2v) is 10.4. The van der Waals surface area contributed by atoms with Crippen LogP contribution in [0.5, 0.6) is 0 Å². The molecule has 9 nitrogen and oxygen atoms in total. The van der Waals surface area contributed by atoms with Crippen LogP contribution in [0.15, 0.2) is 42.7 Å². The third-order valence-corrected chi connectivity index (χ3v) is 7.05. The summed E-state index contributed by atoms with van der Waals surface area (Å²) in [7, 11) is 0. The van der Waals surface area contributed by atoms with Crippen LogP contribution in [0.2, 0.25) is 0 Å². The average molecular weight is 502 g/mol. The van der Waals surface area contributed by atoms with Crippen LogP contribution in [-0.2, 0) is 0 Å². The van der Waals surface area contributed by atoms with Crippen molar-refractivity contribution in [2.45, 2.75) is 39.8 Å². The molecule has 0 saturated carbocycles. The molecular weight excluding hydrogens is 474 g/mol. The van der Waals surface area contributed by atoms with Gasteiger partial charge in [-0.05, 0) is 51.5 Å². The molecule has 0 spiro atoms. The summed E-state index contributed by atoms with van der Waals surface area (Å²) >= 11 is 1.40. The summed E-state index contributed by atoms with van der Waals surface area (Å²) in [5.41, 5.74) is 4.52. The van der Waals surface area contributed by atoms with E-state index in [0.29, 0.717) is 40.6 Å². The number of likely N-dealkylation sites (tertiary alicyclic amines) is 1. The van der Waals surface area contributed by atoms with Gasteiger partial charge < -0.3 is 15.5 Å². The molecule has 0 radical (unpaired) electrons. The van der Waals surface area contributed by atoms with Crippen molar-refractivity contribution in [2.24, 2.45) is 0 Å². The number of nitrogens with one attached hydrogen (secondary N) is 2. The van der Waals surface area contributed by atoms with Crippen molar-refractivity contribution in [3.63, 3.8) is 0 Å². The minimum absolute atomic E-state index is 0.104. The third-order valence-electron chi connectivity index (χ3n) is 6.08. The zero-order valence-corrected chi connectivity index (χ0v) is 21.4. The number of thiazole rings is 1. The summed E-state index contributed by atoms with van der Waals surface area (Å²) in [6, 6.07) is 9.40. The lowest BCUT2D eigenvalue weighted by Crippen LogP contribution is -2.61. The van der Waals surface area contributed by atoms with Gasteiger partial charge >= 0.3 is 0 Å². The van der Waals surface area contributed by atoms with Gasteiger partial charge in [-0.1, -0.05) is 23.3 Å². The number of hydrogen-bond acceptors (Lipinski definition) is 8. The number of fused-ring (bicyclic) bond motifs is 1. The number of rotatable bonds is 6. The molecule has 2 amide bonds. The summed E-state index contributed by atoms with van der Waals surface area (Å²) < 4.78 is 0.666. The Kier molecular flexibility index (Phi) is 6.36. The average Bonchev–Trinajstić information content (AvgIpc) is 3.20. The van der Waals surface area contributed by atoms with Crippen molar-refractivity contribution in [1.82, 2.24) is 30.2 Å². The number of hydrogen-bond donors (Lipinski definition) is 2. The third kappa shape index (κ3) is 4.90. The van der Waals surface area contributed by atoms with Crippen LogP contribution in [0, 0.1) is 20.8 Å². The van der Waals surface area contributed by atoms with Crippen molar-refractivity contribution in [2.75, 3.05) is 18.4 Å². The molecule has 1 atom stereocenters. The van der Waals surface area contributed by atoms with Crippen molar-refractivity contribution >= 4 is 39.4 Å². The largest absolute Gasteiger partial charge is 0.348 e. The summed E-state index contributed by atoms with van der Waals surface area (Å²) in [6.07, 6.45) is 3.50. The smallest absolute Gasteiger partial charge is 0.274 e. The lowest BCUT2D eigenvalue weighted by molar-refractivity contribution is 0.0539. The van der Waals surface area contributed by atoms with E-state index in [-0.39, 0.29) is 23.9 Å². The van der Waals surface area contributed by atoms with Gasteiger partial charge in [0.2, 0.25) is 5.95 Å². The maximum Gasteiger partial charge on any atom is 0.274 e. The van der Waals surface area contributed by atoms with Crippen LogP contribution >= 0.6 is 11.3 Å². The molecule has 0 bridgehead atoms. The normalized spacial score (nSPS) is 14.4. The molecule has 2 N–H and O–H groups in total. The number of benzene rings is 1. The van der Waals surface area contributed by atoms with E-state index in [2.05, 4.69) is 30.6 Å². The minimum Gasteiger partial charge on any atom is -0.348 e. The molecule has 4 aromatic rings. The van der Waals surface area contributed by atoms with Crippen LogP contribution in [0.4, 0.5) is 5.95 Å². The summed E-state index contributed by atoms with van der Waals surface area (Å²) in [5.74, 6) is 0.0185. The van der Waals surface area contributed by atoms with Gasteiger partial charge in [0.1, 0.15) is 4.70 Å². The molecule has 1 aliphatic heterocycles. The topological polar surface area (TPSA) is 113 Å². The first kappa shape index (κ1) is 23.8. The number of carbonyl (C=O) groups is 2. The summed E-state index contributed by atoms with van der Waals surface area (Å²) in [5, 5.41) is 7.11. The second-order valence-electron chi connectivity index (χ2n) is 9.19. The van der Waals surface area contributed by atoms with E-state index in [0.717, 1.165) is 21.7 Å². The Morgan fingerprint density at radius 2 is 1.83 bits per heavy atom. The lowest BCUT2D eigenvalue weighted by Gasteiger charge is -2.39. The van der Waals surface area contributed by atoms with Crippen LogP contribution in [0.1, 0.15) is 55.5 Å². The highest BCUT2D eigenvalue weighted by Crippen LogP contribution is 2.28. The van der Waals surface area contributed by atoms with E-state index in [1.165, 1.54) is 11.3 Å². The Balaban J connectivity index is 1.30. The highest BCUT2D eigenvalue weighted by Gasteiger charge is 2.34. The van der Waals surface area contributed by atoms with Gasteiger partial charge in [-0.3, -0.25) is 14.6 Å². The molecule has 3 aromatic heterocycles. The number of pyridine rings is 1. The lowest BCUT2D eigenvalue weighted by atomic mass is 10.0. The summed E-state index contributed by atoms with van der Waals surface area (Å²) in [6.45, 7) is 8.65. The molecule has 5 rings (SSSR count). The predicted octanol–water partition coefficient (Wildman–Crippen LogP) is 3.83. The van der Waals surface area contributed by atoms with Crippen molar-refractivity contribution in [1.29, 1.82) is 0 Å². The zero-order valence-electron chi connectivity index (χ0n) is 20.6. The number of carbonyl (C=O) groups excluding carboxylic acids is 2. The predicted molar refractivity (Wildman–Crippen MR) is 139 cm³/mol. The highest BCUT2D eigenvalue weighted by molar-refractivity contribution is 7.18. The van der Waals surface area contributed by atoms with E-state index in [9.17, 15) is 9.59 Å². The Labute approximate surface area is 213 Å². The van der Waals surface area contributed by atoms with Gasteiger partial charge in [0.25, 0.3) is 11.8 Å². The Hall–Kier alpha value is -3.92. The Morgan fingerprint density at radius 3 is 2.53 bits per heavy atom. The van der Waals surface area contributed by atoms with Gasteiger partial charge in [0.05, 0.1) is 17.1 Å². The van der Waals surface area contributed by atoms with Gasteiger partial charge in [0, 0.05) is 31.0 Å². The Morgan fingerprint density at radius 1 is 1.08 bits per heavy atom. The first-order valence-corrected chi connectivity index (χ1v) is 12.6. The van der Waals surface area contributed by atoms with Crippen molar-refractivity contribution in [3.8, 4) is 0 Å². The molecule has 184 valence electrons. The molecule has 1 saturated heterocycles. The number of aryl methyl sites for hydroxylation is 3. The molecule has 0 aliphatic carbocycles. The fourth-order valence-electron chi connectivity index (χ4n) is 4.31. The first-order chi connectivity index (χ1) is 17.3. The number of nitrogens with zero attached hydrogens (tertiary/aromatic N) is 5. The highest BCUT2D eigenvalue weighted by atomic mass is 32.1. The molecule has 1 aromatic carbocycles. The molecule has 4 heterocycles. The van der Waals surface area contributed by atoms with Gasteiger partial charge in [-0.2, -0.15) is 4.98 Å². The standard InChI is InChI=1S/C26H27N7O2S/c1-14-8-15(2)10-19(9-14)24(34)30-20-12-33(13-20)25(35)21-22-23(29-17(4)36-22)32-26(31-21)28-16(3)18-6-5-7-27-11-18/h5-11,16,20H,12-13H2,1-4H3,(H,30,34)(H,28,31,32)/t16-/m0/s1. The van der Waals surface area contributed by atoms with E-state index in [1.807, 2.05) is 58.0 Å². The van der Waals surface area contributed by atoms with Crippen LogP contribution in [-0.4, -0.2) is 55.8 Å². The van der Waals surface area contributed by atoms with E-state index < -0.39 is 0 Å². The second kappa shape index (κ2) is 9.62. The van der Waals surface area contributed by atoms with Gasteiger partial charge in [-0.15, -0.1) is 11.3 Å². The number of aromatic nitrogens is 4. The van der Waals surface area contributed by atoms with Crippen LogP contribution < -0.4 is 10.6 Å². The summed E-state index contributed by atoms with van der Waals surface area (Å²) in [4.78, 5) is 45.6. The molecule has 1 fully saturated rings. The maximum atomic E-state index is 13.4. The molecule has 10 heteroatoms. The SMILES string of the molecule is Cc1cc(C)cc(C(=O)NC2CN(C(=O)c3nc(N[C@@H](C)c4cccnc4)nc4nc(C)sc34)C2)c1. The van der Waals surface area contributed by atoms with E-state index >= 15 is 0 Å².